The van der Waals surface area contributed by atoms with Crippen LogP contribution in [0, 0.1) is 0 Å². The molecule has 0 fully saturated rings. The number of amides is 3. The van der Waals surface area contributed by atoms with Gasteiger partial charge in [-0.05, 0) is 47.8 Å². The highest BCUT2D eigenvalue weighted by molar-refractivity contribution is 7.11. The van der Waals surface area contributed by atoms with Gasteiger partial charge in [0, 0.05) is 23.6 Å². The van der Waals surface area contributed by atoms with Crippen molar-refractivity contribution >= 4 is 51.7 Å². The average molecular weight is 464 g/mol. The summed E-state index contributed by atoms with van der Waals surface area (Å²) in [6.07, 6.45) is 0. The fourth-order valence-corrected chi connectivity index (χ4v) is 4.23. The molecule has 0 radical (unpaired) electrons. The van der Waals surface area contributed by atoms with Crippen molar-refractivity contribution < 1.29 is 23.9 Å². The van der Waals surface area contributed by atoms with E-state index in [2.05, 4.69) is 10.6 Å². The lowest BCUT2D eigenvalue weighted by Crippen LogP contribution is -2.32. The van der Waals surface area contributed by atoms with E-state index >= 15 is 0 Å². The molecule has 0 saturated carbocycles. The van der Waals surface area contributed by atoms with Crippen molar-refractivity contribution in [1.29, 1.82) is 0 Å². The number of anilines is 3. The number of hydrogen-bond donors (Lipinski definition) is 2. The largest absolute Gasteiger partial charge is 0.497 e. The summed E-state index contributed by atoms with van der Waals surface area (Å²) in [5.74, 6) is -0.0822. The molecule has 0 unspecified atom stereocenters. The van der Waals surface area contributed by atoms with E-state index in [0.29, 0.717) is 33.4 Å². The SMILES string of the molecule is COc1ccc(NC2=C(c3cccs3)C(=O)N(c3ccc(NC(C)=O)cc3)C2=O)c(OC)c1. The minimum absolute atomic E-state index is 0.150. The standard InChI is InChI=1S/C24H21N3O5S/c1-14(28)25-15-6-8-16(9-7-15)27-23(29)21(20-5-4-12-33-20)22(24(27)30)26-18-11-10-17(31-2)13-19(18)32-3/h4-13,26H,1-3H3,(H,25,28). The van der Waals surface area contributed by atoms with Crippen LogP contribution in [0.4, 0.5) is 17.1 Å². The van der Waals surface area contributed by atoms with Gasteiger partial charge in [0.15, 0.2) is 0 Å². The van der Waals surface area contributed by atoms with Gasteiger partial charge >= 0.3 is 0 Å². The van der Waals surface area contributed by atoms with Crippen molar-refractivity contribution in [2.24, 2.45) is 0 Å². The molecule has 8 nitrogen and oxygen atoms in total. The third-order valence-electron chi connectivity index (χ3n) is 4.97. The quantitative estimate of drug-likeness (QED) is 0.512. The van der Waals surface area contributed by atoms with Gasteiger partial charge in [-0.3, -0.25) is 14.4 Å². The van der Waals surface area contributed by atoms with E-state index < -0.39 is 11.8 Å². The first-order valence-electron chi connectivity index (χ1n) is 9.96. The molecule has 2 heterocycles. The van der Waals surface area contributed by atoms with E-state index in [0.717, 1.165) is 4.90 Å². The normalized spacial score (nSPS) is 13.4. The van der Waals surface area contributed by atoms with E-state index in [-0.39, 0.29) is 17.2 Å². The topological polar surface area (TPSA) is 97.0 Å². The van der Waals surface area contributed by atoms with Gasteiger partial charge in [0.2, 0.25) is 5.91 Å². The van der Waals surface area contributed by atoms with Gasteiger partial charge in [-0.25, -0.2) is 4.90 Å². The number of hydrogen-bond acceptors (Lipinski definition) is 7. The number of nitrogens with one attached hydrogen (secondary N) is 2. The van der Waals surface area contributed by atoms with Gasteiger partial charge in [-0.1, -0.05) is 6.07 Å². The van der Waals surface area contributed by atoms with E-state index in [1.54, 1.807) is 55.6 Å². The summed E-state index contributed by atoms with van der Waals surface area (Å²) in [5.41, 5.74) is 1.91. The molecule has 1 aromatic heterocycles. The highest BCUT2D eigenvalue weighted by Gasteiger charge is 2.41. The first-order chi connectivity index (χ1) is 15.9. The Morgan fingerprint density at radius 2 is 1.73 bits per heavy atom. The molecule has 3 amide bonds. The maximum Gasteiger partial charge on any atom is 0.282 e. The highest BCUT2D eigenvalue weighted by Crippen LogP contribution is 2.38. The summed E-state index contributed by atoms with van der Waals surface area (Å²) in [6.45, 7) is 1.41. The van der Waals surface area contributed by atoms with E-state index in [4.69, 9.17) is 9.47 Å². The Morgan fingerprint density at radius 3 is 2.33 bits per heavy atom. The maximum atomic E-state index is 13.5. The molecule has 33 heavy (non-hydrogen) atoms. The van der Waals surface area contributed by atoms with Crippen LogP contribution in [0.5, 0.6) is 11.5 Å². The number of carbonyl (C=O) groups is 3. The van der Waals surface area contributed by atoms with Gasteiger partial charge in [-0.2, -0.15) is 0 Å². The summed E-state index contributed by atoms with van der Waals surface area (Å²) in [7, 11) is 3.06. The molecule has 2 N–H and O–H groups in total. The predicted octanol–water partition coefficient (Wildman–Crippen LogP) is 4.12. The van der Waals surface area contributed by atoms with Crippen molar-refractivity contribution in [2.45, 2.75) is 6.92 Å². The summed E-state index contributed by atoms with van der Waals surface area (Å²) >= 11 is 1.37. The van der Waals surface area contributed by atoms with E-state index in [9.17, 15) is 14.4 Å². The van der Waals surface area contributed by atoms with Crippen LogP contribution >= 0.6 is 11.3 Å². The number of thiophene rings is 1. The van der Waals surface area contributed by atoms with Crippen LogP contribution in [0.25, 0.3) is 5.57 Å². The minimum atomic E-state index is -0.492. The molecule has 0 aliphatic carbocycles. The molecule has 1 aliphatic rings. The van der Waals surface area contributed by atoms with Crippen molar-refractivity contribution in [2.75, 3.05) is 29.8 Å². The van der Waals surface area contributed by atoms with Crippen LogP contribution in [-0.4, -0.2) is 31.9 Å². The Kier molecular flexibility index (Phi) is 6.14. The molecule has 0 bridgehead atoms. The van der Waals surface area contributed by atoms with Gasteiger partial charge < -0.3 is 20.1 Å². The number of nitrogens with zero attached hydrogens (tertiary/aromatic N) is 1. The molecule has 9 heteroatoms. The second kappa shape index (κ2) is 9.17. The summed E-state index contributed by atoms with van der Waals surface area (Å²) in [5, 5.41) is 7.62. The first-order valence-corrected chi connectivity index (χ1v) is 10.8. The average Bonchev–Trinajstić information content (AvgIpc) is 3.41. The van der Waals surface area contributed by atoms with Crippen molar-refractivity contribution in [3.05, 3.63) is 70.6 Å². The molecule has 0 spiro atoms. The molecular weight excluding hydrogens is 442 g/mol. The highest BCUT2D eigenvalue weighted by atomic mass is 32.1. The Balaban J connectivity index is 1.73. The van der Waals surface area contributed by atoms with Crippen LogP contribution < -0.4 is 25.0 Å². The van der Waals surface area contributed by atoms with E-state index in [1.807, 2.05) is 11.4 Å². The summed E-state index contributed by atoms with van der Waals surface area (Å²) in [6, 6.07) is 15.3. The van der Waals surface area contributed by atoms with Gasteiger partial charge in [0.1, 0.15) is 17.2 Å². The molecule has 2 aromatic carbocycles. The number of rotatable bonds is 7. The molecule has 168 valence electrons. The van der Waals surface area contributed by atoms with Crippen molar-refractivity contribution in [3.8, 4) is 11.5 Å². The van der Waals surface area contributed by atoms with Crippen LogP contribution in [0.3, 0.4) is 0 Å². The monoisotopic (exact) mass is 463 g/mol. The smallest absolute Gasteiger partial charge is 0.282 e. The fraction of sp³-hybridized carbons (Fsp3) is 0.125. The third kappa shape index (κ3) is 4.31. The molecular formula is C24H21N3O5S. The lowest BCUT2D eigenvalue weighted by molar-refractivity contribution is -0.120. The first kappa shape index (κ1) is 22.1. The molecule has 0 atom stereocenters. The fourth-order valence-electron chi connectivity index (χ4n) is 3.46. The Bertz CT molecular complexity index is 1250. The second-order valence-electron chi connectivity index (χ2n) is 7.09. The zero-order chi connectivity index (χ0) is 23.5. The Morgan fingerprint density at radius 1 is 0.970 bits per heavy atom. The minimum Gasteiger partial charge on any atom is -0.497 e. The van der Waals surface area contributed by atoms with Crippen LogP contribution in [0.1, 0.15) is 11.8 Å². The molecule has 1 aliphatic heterocycles. The van der Waals surface area contributed by atoms with Crippen LogP contribution in [0.15, 0.2) is 65.7 Å². The van der Waals surface area contributed by atoms with E-state index in [1.165, 1.54) is 25.4 Å². The zero-order valence-electron chi connectivity index (χ0n) is 18.2. The lowest BCUT2D eigenvalue weighted by atomic mass is 10.1. The van der Waals surface area contributed by atoms with Crippen LogP contribution in [0.2, 0.25) is 0 Å². The number of imide groups is 1. The lowest BCUT2D eigenvalue weighted by Gasteiger charge is -2.16. The molecule has 3 aromatic rings. The van der Waals surface area contributed by atoms with Crippen LogP contribution in [-0.2, 0) is 14.4 Å². The maximum absolute atomic E-state index is 13.5. The van der Waals surface area contributed by atoms with Gasteiger partial charge in [-0.15, -0.1) is 11.3 Å². The number of methoxy groups -OCH3 is 2. The number of benzene rings is 2. The van der Waals surface area contributed by atoms with Gasteiger partial charge in [0.05, 0.1) is 31.2 Å². The third-order valence-corrected chi connectivity index (χ3v) is 5.85. The molecule has 4 rings (SSSR count). The Labute approximate surface area is 194 Å². The number of carbonyl (C=O) groups excluding carboxylic acids is 3. The predicted molar refractivity (Wildman–Crippen MR) is 128 cm³/mol. The van der Waals surface area contributed by atoms with Crippen molar-refractivity contribution in [1.82, 2.24) is 0 Å². The van der Waals surface area contributed by atoms with Crippen molar-refractivity contribution in [3.63, 3.8) is 0 Å². The van der Waals surface area contributed by atoms with Gasteiger partial charge in [0.25, 0.3) is 11.8 Å². The summed E-state index contributed by atoms with van der Waals surface area (Å²) in [4.78, 5) is 40.0. The number of ether oxygens (including phenoxy) is 2. The summed E-state index contributed by atoms with van der Waals surface area (Å²) < 4.78 is 10.7. The zero-order valence-corrected chi connectivity index (χ0v) is 19.0. The molecule has 0 saturated heterocycles. The Hall–Kier alpha value is -4.11. The second-order valence-corrected chi connectivity index (χ2v) is 8.04.